The van der Waals surface area contributed by atoms with Gasteiger partial charge in [-0.1, -0.05) is 49.4 Å². The Balaban J connectivity index is 1.70. The maximum atomic E-state index is 12.6. The van der Waals surface area contributed by atoms with Gasteiger partial charge in [-0.2, -0.15) is 11.8 Å². The third-order valence-electron chi connectivity index (χ3n) is 4.54. The monoisotopic (exact) mass is 367 g/mol. The van der Waals surface area contributed by atoms with Crippen LogP contribution >= 0.6 is 11.8 Å². The average Bonchev–Trinajstić information content (AvgIpc) is 3.09. The lowest BCUT2D eigenvalue weighted by molar-refractivity contribution is -0.122. The number of imidazole rings is 1. The smallest absolute Gasteiger partial charge is 0.221 e. The van der Waals surface area contributed by atoms with E-state index in [1.54, 1.807) is 11.8 Å². The molecule has 1 aromatic heterocycles. The summed E-state index contributed by atoms with van der Waals surface area (Å²) in [4.78, 5) is 20.7. The zero-order chi connectivity index (χ0) is 18.4. The first kappa shape index (κ1) is 18.5. The highest BCUT2D eigenvalue weighted by Crippen LogP contribution is 2.22. The Labute approximate surface area is 158 Å². The molecule has 0 radical (unpaired) electrons. The summed E-state index contributed by atoms with van der Waals surface area (Å²) in [5.74, 6) is 2.05. The number of fused-ring (bicyclic) bond motifs is 1. The summed E-state index contributed by atoms with van der Waals surface area (Å²) in [7, 11) is 0. The van der Waals surface area contributed by atoms with Crippen LogP contribution in [0.25, 0.3) is 11.0 Å². The predicted octanol–water partition coefficient (Wildman–Crippen LogP) is 4.67. The number of nitrogens with zero attached hydrogens (tertiary/aromatic N) is 1. The number of H-pyrrole nitrogens is 1. The van der Waals surface area contributed by atoms with Crippen molar-refractivity contribution in [3.05, 3.63) is 66.0 Å². The van der Waals surface area contributed by atoms with Gasteiger partial charge in [-0.25, -0.2) is 4.98 Å². The number of benzene rings is 2. The SMILES string of the molecule is CSCC[C@@H](NC(=O)C[C@@H](C)c1ccccc1)c1nc2ccccc2[nH]1. The van der Waals surface area contributed by atoms with Crippen LogP contribution in [0.5, 0.6) is 0 Å². The molecule has 0 aliphatic rings. The molecule has 0 saturated heterocycles. The average molecular weight is 368 g/mol. The molecule has 3 aromatic rings. The van der Waals surface area contributed by atoms with E-state index >= 15 is 0 Å². The van der Waals surface area contributed by atoms with Gasteiger partial charge in [0.05, 0.1) is 17.1 Å². The minimum absolute atomic E-state index is 0.0629. The summed E-state index contributed by atoms with van der Waals surface area (Å²) in [5, 5.41) is 3.18. The Morgan fingerprint density at radius 2 is 1.88 bits per heavy atom. The number of aromatic nitrogens is 2. The van der Waals surface area contributed by atoms with Crippen molar-refractivity contribution in [3.8, 4) is 0 Å². The van der Waals surface area contributed by atoms with Crippen molar-refractivity contribution in [3.63, 3.8) is 0 Å². The number of aromatic amines is 1. The van der Waals surface area contributed by atoms with E-state index < -0.39 is 0 Å². The molecule has 0 spiro atoms. The quantitative estimate of drug-likeness (QED) is 0.608. The van der Waals surface area contributed by atoms with Crippen LogP contribution in [0.1, 0.15) is 43.1 Å². The third kappa shape index (κ3) is 4.67. The van der Waals surface area contributed by atoms with Crippen LogP contribution in [0.3, 0.4) is 0 Å². The number of thioether (sulfide) groups is 1. The fraction of sp³-hybridized carbons (Fsp3) is 0.333. The van der Waals surface area contributed by atoms with Crippen molar-refractivity contribution in [2.75, 3.05) is 12.0 Å². The number of carbonyl (C=O) groups excluding carboxylic acids is 1. The molecular formula is C21H25N3OS. The molecule has 0 saturated carbocycles. The van der Waals surface area contributed by atoms with Crippen LogP contribution in [-0.4, -0.2) is 27.9 Å². The standard InChI is InChI=1S/C21H25N3OS/c1-15(16-8-4-3-5-9-16)14-20(25)22-19(12-13-26-2)21-23-17-10-6-7-11-18(17)24-21/h3-11,15,19H,12-14H2,1-2H3,(H,22,25)(H,23,24)/t15-,19-/m1/s1. The Morgan fingerprint density at radius 3 is 2.62 bits per heavy atom. The molecule has 1 heterocycles. The van der Waals surface area contributed by atoms with Crippen molar-refractivity contribution in [1.29, 1.82) is 0 Å². The van der Waals surface area contributed by atoms with E-state index in [1.165, 1.54) is 5.56 Å². The highest BCUT2D eigenvalue weighted by atomic mass is 32.2. The summed E-state index contributed by atoms with van der Waals surface area (Å²) in [6.45, 7) is 2.09. The number of hydrogen-bond acceptors (Lipinski definition) is 3. The maximum absolute atomic E-state index is 12.6. The molecule has 0 bridgehead atoms. The first-order chi connectivity index (χ1) is 12.7. The van der Waals surface area contributed by atoms with E-state index in [-0.39, 0.29) is 17.9 Å². The molecule has 26 heavy (non-hydrogen) atoms. The number of amides is 1. The van der Waals surface area contributed by atoms with E-state index in [4.69, 9.17) is 0 Å². The Morgan fingerprint density at radius 1 is 1.15 bits per heavy atom. The van der Waals surface area contributed by atoms with Gasteiger partial charge in [-0.05, 0) is 42.0 Å². The zero-order valence-electron chi connectivity index (χ0n) is 15.2. The highest BCUT2D eigenvalue weighted by molar-refractivity contribution is 7.98. The van der Waals surface area contributed by atoms with Gasteiger partial charge in [0, 0.05) is 6.42 Å². The number of rotatable bonds is 8. The van der Waals surface area contributed by atoms with Crippen molar-refractivity contribution in [1.82, 2.24) is 15.3 Å². The maximum Gasteiger partial charge on any atom is 0.221 e. The van der Waals surface area contributed by atoms with Gasteiger partial charge in [-0.3, -0.25) is 4.79 Å². The normalized spacial score (nSPS) is 13.5. The second-order valence-corrected chi connectivity index (χ2v) is 7.54. The van der Waals surface area contributed by atoms with Gasteiger partial charge in [0.25, 0.3) is 0 Å². The highest BCUT2D eigenvalue weighted by Gasteiger charge is 2.19. The van der Waals surface area contributed by atoms with E-state index in [0.29, 0.717) is 6.42 Å². The van der Waals surface area contributed by atoms with Crippen LogP contribution in [0, 0.1) is 0 Å². The molecule has 2 atom stereocenters. The predicted molar refractivity (Wildman–Crippen MR) is 109 cm³/mol. The van der Waals surface area contributed by atoms with Crippen LogP contribution in [-0.2, 0) is 4.79 Å². The molecule has 0 aliphatic carbocycles. The van der Waals surface area contributed by atoms with E-state index in [2.05, 4.69) is 40.6 Å². The van der Waals surface area contributed by atoms with Crippen molar-refractivity contribution < 1.29 is 4.79 Å². The van der Waals surface area contributed by atoms with E-state index in [1.807, 2.05) is 42.5 Å². The molecular weight excluding hydrogens is 342 g/mol. The topological polar surface area (TPSA) is 57.8 Å². The zero-order valence-corrected chi connectivity index (χ0v) is 16.1. The fourth-order valence-corrected chi connectivity index (χ4v) is 3.55. The van der Waals surface area contributed by atoms with Crippen molar-refractivity contribution in [2.45, 2.75) is 31.7 Å². The summed E-state index contributed by atoms with van der Waals surface area (Å²) in [6, 6.07) is 18.0. The van der Waals surface area contributed by atoms with Gasteiger partial charge < -0.3 is 10.3 Å². The molecule has 5 heteroatoms. The molecule has 1 amide bonds. The molecule has 4 nitrogen and oxygen atoms in total. The largest absolute Gasteiger partial charge is 0.346 e. The number of carbonyl (C=O) groups is 1. The molecule has 0 aliphatic heterocycles. The van der Waals surface area contributed by atoms with E-state index in [0.717, 1.165) is 29.0 Å². The minimum atomic E-state index is -0.0923. The summed E-state index contributed by atoms with van der Waals surface area (Å²) in [6.07, 6.45) is 3.40. The Kier molecular flexibility index (Phi) is 6.34. The second kappa shape index (κ2) is 8.90. The lowest BCUT2D eigenvalue weighted by atomic mass is 9.97. The van der Waals surface area contributed by atoms with Crippen LogP contribution in [0.15, 0.2) is 54.6 Å². The molecule has 2 N–H and O–H groups in total. The summed E-state index contributed by atoms with van der Waals surface area (Å²) < 4.78 is 0. The fourth-order valence-electron chi connectivity index (χ4n) is 3.08. The Hall–Kier alpha value is -2.27. The summed E-state index contributed by atoms with van der Waals surface area (Å²) in [5.41, 5.74) is 3.12. The Bertz CT molecular complexity index is 814. The van der Waals surface area contributed by atoms with Crippen molar-refractivity contribution in [2.24, 2.45) is 0 Å². The van der Waals surface area contributed by atoms with Crippen LogP contribution < -0.4 is 5.32 Å². The third-order valence-corrected chi connectivity index (χ3v) is 5.19. The second-order valence-electron chi connectivity index (χ2n) is 6.56. The lowest BCUT2D eigenvalue weighted by Gasteiger charge is -2.18. The van der Waals surface area contributed by atoms with Crippen LogP contribution in [0.4, 0.5) is 0 Å². The van der Waals surface area contributed by atoms with Gasteiger partial charge in [-0.15, -0.1) is 0 Å². The van der Waals surface area contributed by atoms with Gasteiger partial charge >= 0.3 is 0 Å². The van der Waals surface area contributed by atoms with Crippen molar-refractivity contribution >= 4 is 28.7 Å². The summed E-state index contributed by atoms with van der Waals surface area (Å²) >= 11 is 1.78. The first-order valence-electron chi connectivity index (χ1n) is 8.95. The molecule has 0 unspecified atom stereocenters. The molecule has 3 rings (SSSR count). The molecule has 136 valence electrons. The first-order valence-corrected chi connectivity index (χ1v) is 10.3. The number of hydrogen-bond donors (Lipinski definition) is 2. The van der Waals surface area contributed by atoms with Gasteiger partial charge in [0.15, 0.2) is 0 Å². The molecule has 0 fully saturated rings. The van der Waals surface area contributed by atoms with Crippen LogP contribution in [0.2, 0.25) is 0 Å². The number of nitrogens with one attached hydrogen (secondary N) is 2. The molecule has 2 aromatic carbocycles. The van der Waals surface area contributed by atoms with Gasteiger partial charge in [0.1, 0.15) is 5.82 Å². The number of para-hydroxylation sites is 2. The minimum Gasteiger partial charge on any atom is -0.346 e. The van der Waals surface area contributed by atoms with E-state index in [9.17, 15) is 4.79 Å². The lowest BCUT2D eigenvalue weighted by Crippen LogP contribution is -2.30. The van der Waals surface area contributed by atoms with Gasteiger partial charge in [0.2, 0.25) is 5.91 Å².